The molecular weight excluding hydrogens is 515 g/mol. The fourth-order valence-electron chi connectivity index (χ4n) is 2.95. The number of aliphatic imine (C=N–C) groups is 1. The summed E-state index contributed by atoms with van der Waals surface area (Å²) in [5, 5.41) is 6.56. The van der Waals surface area contributed by atoms with Gasteiger partial charge in [-0.25, -0.2) is 13.1 Å². The fourth-order valence-corrected chi connectivity index (χ4v) is 3.71. The number of rotatable bonds is 9. The van der Waals surface area contributed by atoms with Gasteiger partial charge in [-0.3, -0.25) is 4.99 Å². The van der Waals surface area contributed by atoms with Crippen LogP contribution in [0.25, 0.3) is 0 Å². The van der Waals surface area contributed by atoms with Gasteiger partial charge < -0.3 is 15.4 Å². The Morgan fingerprint density at radius 2 is 1.83 bits per heavy atom. The standard InChI is InChI=1S/C21H30N4O3S.HI/c1-16-8-9-20(28-4)19(12-16)10-11-24-21(22-2)25-14-17-6-5-7-18(13-17)15-29(26,27)23-3;/h5-9,12-13,23H,10-11,14-15H2,1-4H3,(H2,22,24,25);1H. The third-order valence-corrected chi connectivity index (χ3v) is 5.80. The van der Waals surface area contributed by atoms with Crippen LogP contribution in [0, 0.1) is 6.92 Å². The lowest BCUT2D eigenvalue weighted by atomic mass is 10.1. The minimum absolute atomic E-state index is 0. The number of hydrogen-bond acceptors (Lipinski definition) is 4. The number of benzene rings is 2. The minimum atomic E-state index is -3.29. The van der Waals surface area contributed by atoms with Gasteiger partial charge in [0.25, 0.3) is 0 Å². The van der Waals surface area contributed by atoms with Gasteiger partial charge in [0, 0.05) is 20.1 Å². The maximum absolute atomic E-state index is 11.7. The number of hydrogen-bond donors (Lipinski definition) is 3. The summed E-state index contributed by atoms with van der Waals surface area (Å²) in [4.78, 5) is 4.25. The van der Waals surface area contributed by atoms with Crippen LogP contribution in [0.2, 0.25) is 0 Å². The Morgan fingerprint density at radius 3 is 2.50 bits per heavy atom. The van der Waals surface area contributed by atoms with E-state index in [-0.39, 0.29) is 29.7 Å². The molecule has 7 nitrogen and oxygen atoms in total. The van der Waals surface area contributed by atoms with Crippen LogP contribution in [-0.4, -0.2) is 42.1 Å². The Labute approximate surface area is 196 Å². The smallest absolute Gasteiger partial charge is 0.215 e. The van der Waals surface area contributed by atoms with Crippen LogP contribution in [0.15, 0.2) is 47.5 Å². The van der Waals surface area contributed by atoms with Crippen LogP contribution in [0.1, 0.15) is 22.3 Å². The lowest BCUT2D eigenvalue weighted by molar-refractivity contribution is 0.409. The molecule has 0 bridgehead atoms. The van der Waals surface area contributed by atoms with E-state index in [1.807, 2.05) is 30.3 Å². The van der Waals surface area contributed by atoms with E-state index in [4.69, 9.17) is 4.74 Å². The molecule has 3 N–H and O–H groups in total. The van der Waals surface area contributed by atoms with Gasteiger partial charge in [-0.05, 0) is 43.1 Å². The maximum atomic E-state index is 11.7. The number of ether oxygens (including phenoxy) is 1. The summed E-state index contributed by atoms with van der Waals surface area (Å²) in [5.41, 5.74) is 4.07. The quantitative estimate of drug-likeness (QED) is 0.256. The second-order valence-corrected chi connectivity index (χ2v) is 8.63. The predicted octanol–water partition coefficient (Wildman–Crippen LogP) is 2.58. The van der Waals surface area contributed by atoms with Crippen molar-refractivity contribution in [2.24, 2.45) is 4.99 Å². The lowest BCUT2D eigenvalue weighted by Crippen LogP contribution is -2.37. The summed E-state index contributed by atoms with van der Waals surface area (Å²) in [6, 6.07) is 13.6. The number of aryl methyl sites for hydroxylation is 1. The van der Waals surface area contributed by atoms with Crippen molar-refractivity contribution in [3.05, 3.63) is 64.7 Å². The highest BCUT2D eigenvalue weighted by molar-refractivity contribution is 14.0. The Hall–Kier alpha value is -1.85. The average Bonchev–Trinajstić information content (AvgIpc) is 2.70. The minimum Gasteiger partial charge on any atom is -0.496 e. The van der Waals surface area contributed by atoms with E-state index in [0.29, 0.717) is 19.0 Å². The summed E-state index contributed by atoms with van der Waals surface area (Å²) >= 11 is 0. The van der Waals surface area contributed by atoms with Crippen molar-refractivity contribution in [1.29, 1.82) is 0 Å². The summed E-state index contributed by atoms with van der Waals surface area (Å²) in [6.45, 7) is 3.31. The van der Waals surface area contributed by atoms with Crippen LogP contribution in [0.3, 0.4) is 0 Å². The molecule has 0 aromatic heterocycles. The molecule has 0 aliphatic rings. The molecule has 0 fully saturated rings. The summed E-state index contributed by atoms with van der Waals surface area (Å²) in [5.74, 6) is 1.53. The number of halogens is 1. The molecule has 0 radical (unpaired) electrons. The van der Waals surface area contributed by atoms with Crippen molar-refractivity contribution in [3.63, 3.8) is 0 Å². The molecule has 0 saturated heterocycles. The van der Waals surface area contributed by atoms with Gasteiger partial charge in [0.1, 0.15) is 5.75 Å². The zero-order valence-corrected chi connectivity index (χ0v) is 21.0. The van der Waals surface area contributed by atoms with Crippen molar-refractivity contribution < 1.29 is 13.2 Å². The summed E-state index contributed by atoms with van der Waals surface area (Å²) in [7, 11) is 1.53. The van der Waals surface area contributed by atoms with Gasteiger partial charge in [0.15, 0.2) is 5.96 Å². The molecule has 30 heavy (non-hydrogen) atoms. The normalized spacial score (nSPS) is 11.5. The third-order valence-electron chi connectivity index (χ3n) is 4.47. The number of guanidine groups is 1. The summed E-state index contributed by atoms with van der Waals surface area (Å²) in [6.07, 6.45) is 0.808. The number of methoxy groups -OCH3 is 1. The molecule has 0 heterocycles. The highest BCUT2D eigenvalue weighted by atomic mass is 127. The van der Waals surface area contributed by atoms with Crippen molar-refractivity contribution in [3.8, 4) is 5.75 Å². The highest BCUT2D eigenvalue weighted by Crippen LogP contribution is 2.19. The summed E-state index contributed by atoms with van der Waals surface area (Å²) < 4.78 is 31.2. The van der Waals surface area contributed by atoms with Crippen LogP contribution in [0.4, 0.5) is 0 Å². The fraction of sp³-hybridized carbons (Fsp3) is 0.381. The maximum Gasteiger partial charge on any atom is 0.215 e. The monoisotopic (exact) mass is 546 g/mol. The van der Waals surface area contributed by atoms with Gasteiger partial charge in [0.05, 0.1) is 12.9 Å². The first-order valence-corrected chi connectivity index (χ1v) is 11.1. The first kappa shape index (κ1) is 26.2. The Kier molecular flexibility index (Phi) is 11.1. The molecule has 0 amide bonds. The lowest BCUT2D eigenvalue weighted by Gasteiger charge is -2.14. The van der Waals surface area contributed by atoms with Crippen molar-refractivity contribution >= 4 is 40.0 Å². The van der Waals surface area contributed by atoms with Gasteiger partial charge in [0.2, 0.25) is 10.0 Å². The van der Waals surface area contributed by atoms with E-state index in [9.17, 15) is 8.42 Å². The van der Waals surface area contributed by atoms with E-state index in [2.05, 4.69) is 33.3 Å². The molecule has 2 aromatic rings. The largest absolute Gasteiger partial charge is 0.496 e. The van der Waals surface area contributed by atoms with Gasteiger partial charge in [-0.2, -0.15) is 0 Å². The van der Waals surface area contributed by atoms with Gasteiger partial charge >= 0.3 is 0 Å². The zero-order valence-electron chi connectivity index (χ0n) is 17.9. The second kappa shape index (κ2) is 12.8. The average molecular weight is 546 g/mol. The molecule has 9 heteroatoms. The number of sulfonamides is 1. The Morgan fingerprint density at radius 1 is 1.10 bits per heavy atom. The van der Waals surface area contributed by atoms with Crippen LogP contribution in [-0.2, 0) is 28.7 Å². The SMILES string of the molecule is CN=C(NCCc1cc(C)ccc1OC)NCc1cccc(CS(=O)(=O)NC)c1.I. The molecule has 0 saturated carbocycles. The predicted molar refractivity (Wildman–Crippen MR) is 133 cm³/mol. The molecule has 0 spiro atoms. The van der Waals surface area contributed by atoms with E-state index in [1.54, 1.807) is 20.2 Å². The van der Waals surface area contributed by atoms with Crippen molar-refractivity contribution in [2.75, 3.05) is 27.7 Å². The van der Waals surface area contributed by atoms with Crippen LogP contribution < -0.4 is 20.1 Å². The molecule has 2 aromatic carbocycles. The van der Waals surface area contributed by atoms with Crippen LogP contribution >= 0.6 is 24.0 Å². The second-order valence-electron chi connectivity index (χ2n) is 6.70. The molecule has 0 atom stereocenters. The topological polar surface area (TPSA) is 91.8 Å². The van der Waals surface area contributed by atoms with E-state index < -0.39 is 10.0 Å². The Balaban J connectivity index is 0.00000450. The number of nitrogens with zero attached hydrogens (tertiary/aromatic N) is 1. The molecule has 2 rings (SSSR count). The van der Waals surface area contributed by atoms with E-state index in [0.717, 1.165) is 28.9 Å². The van der Waals surface area contributed by atoms with E-state index in [1.165, 1.54) is 12.6 Å². The molecule has 0 unspecified atom stereocenters. The van der Waals surface area contributed by atoms with Crippen LogP contribution in [0.5, 0.6) is 5.75 Å². The molecule has 166 valence electrons. The zero-order chi connectivity index (χ0) is 21.3. The number of nitrogens with one attached hydrogen (secondary N) is 3. The third kappa shape index (κ3) is 8.49. The molecule has 0 aliphatic heterocycles. The first-order valence-electron chi connectivity index (χ1n) is 9.44. The molecule has 0 aliphatic carbocycles. The Bertz CT molecular complexity index is 949. The highest BCUT2D eigenvalue weighted by Gasteiger charge is 2.09. The first-order chi connectivity index (χ1) is 13.9. The van der Waals surface area contributed by atoms with Crippen molar-refractivity contribution in [1.82, 2.24) is 15.4 Å². The van der Waals surface area contributed by atoms with Gasteiger partial charge in [-0.15, -0.1) is 24.0 Å². The van der Waals surface area contributed by atoms with Gasteiger partial charge in [-0.1, -0.05) is 42.0 Å². The van der Waals surface area contributed by atoms with E-state index >= 15 is 0 Å². The molecular formula is C21H31IN4O3S. The van der Waals surface area contributed by atoms with Crippen molar-refractivity contribution in [2.45, 2.75) is 25.6 Å².